The molecular formula is C20H23N3O3S. The number of para-hydroxylation sites is 1. The molecule has 1 aliphatic rings. The van der Waals surface area contributed by atoms with Crippen molar-refractivity contribution in [3.63, 3.8) is 0 Å². The number of piperidine rings is 1. The number of rotatable bonds is 5. The Morgan fingerprint density at radius 3 is 3.07 bits per heavy atom. The number of amides is 1. The zero-order chi connectivity index (χ0) is 18.8. The van der Waals surface area contributed by atoms with Gasteiger partial charge in [-0.2, -0.15) is 0 Å². The van der Waals surface area contributed by atoms with E-state index in [-0.39, 0.29) is 5.91 Å². The number of nitrogens with zero attached hydrogens (tertiary/aromatic N) is 3. The van der Waals surface area contributed by atoms with Crippen LogP contribution < -0.4 is 0 Å². The van der Waals surface area contributed by atoms with E-state index < -0.39 is 6.10 Å². The number of aliphatic hydroxyl groups excluding tert-OH is 1. The van der Waals surface area contributed by atoms with Crippen LogP contribution in [0.4, 0.5) is 0 Å². The summed E-state index contributed by atoms with van der Waals surface area (Å²) in [6.07, 6.45) is 1.15. The van der Waals surface area contributed by atoms with Crippen molar-refractivity contribution >= 4 is 28.1 Å². The van der Waals surface area contributed by atoms with Gasteiger partial charge in [-0.25, -0.2) is 4.98 Å². The summed E-state index contributed by atoms with van der Waals surface area (Å²) in [4.78, 5) is 19.1. The van der Waals surface area contributed by atoms with Crippen molar-refractivity contribution in [2.24, 2.45) is 0 Å². The number of hydrogen-bond acceptors (Lipinski definition) is 5. The van der Waals surface area contributed by atoms with Crippen LogP contribution in [0, 0.1) is 0 Å². The smallest absolute Gasteiger partial charge is 0.273 e. The molecule has 0 bridgehead atoms. The van der Waals surface area contributed by atoms with Crippen LogP contribution in [0.1, 0.15) is 23.3 Å². The van der Waals surface area contributed by atoms with Crippen LogP contribution in [0.15, 0.2) is 35.7 Å². The maximum atomic E-state index is 12.8. The highest BCUT2D eigenvalue weighted by atomic mass is 32.1. The van der Waals surface area contributed by atoms with Gasteiger partial charge in [0, 0.05) is 43.0 Å². The van der Waals surface area contributed by atoms with Crippen molar-refractivity contribution in [1.82, 2.24) is 14.5 Å². The van der Waals surface area contributed by atoms with Gasteiger partial charge >= 0.3 is 0 Å². The first kappa shape index (κ1) is 18.2. The molecule has 1 atom stereocenters. The molecule has 0 aliphatic carbocycles. The summed E-state index contributed by atoms with van der Waals surface area (Å²) in [5.74, 6) is -0.101. The number of carbonyl (C=O) groups excluding carboxylic acids is 1. The fraction of sp³-hybridized carbons (Fsp3) is 0.400. The molecular weight excluding hydrogens is 362 g/mol. The number of benzene rings is 1. The first-order valence-electron chi connectivity index (χ1n) is 9.18. The van der Waals surface area contributed by atoms with E-state index in [9.17, 15) is 9.90 Å². The Labute approximate surface area is 162 Å². The molecule has 1 aliphatic heterocycles. The number of methoxy groups -OCH3 is 1. The number of aromatic nitrogens is 2. The molecule has 6 nitrogen and oxygen atoms in total. The number of ether oxygens (including phenoxy) is 1. The molecule has 3 aromatic rings. The maximum absolute atomic E-state index is 12.8. The fourth-order valence-electron chi connectivity index (χ4n) is 3.60. The monoisotopic (exact) mass is 385 g/mol. The fourth-order valence-corrected chi connectivity index (χ4v) is 4.42. The standard InChI is InChI=1S/C20H23N3O3S/c1-26-10-9-23-17-7-3-2-5-14(17)11-18(23)19-21-16(13-27-19)20(25)22-8-4-6-15(24)12-22/h2-3,5,7,11,13,15,24H,4,6,8-10,12H2,1H3. The molecule has 7 heteroatoms. The van der Waals surface area contributed by atoms with Gasteiger partial charge in [0.2, 0.25) is 0 Å². The molecule has 1 aromatic carbocycles. The topological polar surface area (TPSA) is 67.6 Å². The van der Waals surface area contributed by atoms with Crippen molar-refractivity contribution < 1.29 is 14.6 Å². The first-order valence-corrected chi connectivity index (χ1v) is 10.1. The first-order chi connectivity index (χ1) is 13.2. The lowest BCUT2D eigenvalue weighted by molar-refractivity contribution is 0.0469. The van der Waals surface area contributed by atoms with E-state index in [0.29, 0.717) is 25.4 Å². The van der Waals surface area contributed by atoms with Crippen LogP contribution >= 0.6 is 11.3 Å². The summed E-state index contributed by atoms with van der Waals surface area (Å²) in [5.41, 5.74) is 2.58. The molecule has 1 fully saturated rings. The van der Waals surface area contributed by atoms with Gasteiger partial charge in [0.1, 0.15) is 10.7 Å². The minimum Gasteiger partial charge on any atom is -0.391 e. The van der Waals surface area contributed by atoms with E-state index in [1.807, 2.05) is 17.5 Å². The summed E-state index contributed by atoms with van der Waals surface area (Å²) >= 11 is 1.48. The normalized spacial score (nSPS) is 17.6. The second kappa shape index (κ2) is 7.80. The second-order valence-electron chi connectivity index (χ2n) is 6.82. The molecule has 4 rings (SSSR count). The lowest BCUT2D eigenvalue weighted by Crippen LogP contribution is -2.42. The number of thiazole rings is 1. The highest BCUT2D eigenvalue weighted by Gasteiger charge is 2.25. The van der Waals surface area contributed by atoms with Gasteiger partial charge in [-0.1, -0.05) is 18.2 Å². The average Bonchev–Trinajstić information content (AvgIpc) is 3.30. The molecule has 1 saturated heterocycles. The highest BCUT2D eigenvalue weighted by Crippen LogP contribution is 2.31. The number of carbonyl (C=O) groups is 1. The van der Waals surface area contributed by atoms with Gasteiger partial charge < -0.3 is 19.3 Å². The summed E-state index contributed by atoms with van der Waals surface area (Å²) < 4.78 is 7.46. The van der Waals surface area contributed by atoms with E-state index in [4.69, 9.17) is 4.74 Å². The molecule has 0 saturated carbocycles. The molecule has 0 radical (unpaired) electrons. The Balaban J connectivity index is 1.65. The van der Waals surface area contributed by atoms with Crippen molar-refractivity contribution in [3.8, 4) is 10.7 Å². The molecule has 27 heavy (non-hydrogen) atoms. The summed E-state index contributed by atoms with van der Waals surface area (Å²) in [6.45, 7) is 2.39. The van der Waals surface area contributed by atoms with Crippen molar-refractivity contribution in [2.75, 3.05) is 26.8 Å². The van der Waals surface area contributed by atoms with E-state index in [2.05, 4.69) is 27.8 Å². The minimum atomic E-state index is -0.433. The summed E-state index contributed by atoms with van der Waals surface area (Å²) in [5, 5.41) is 13.6. The maximum Gasteiger partial charge on any atom is 0.273 e. The molecule has 1 N–H and O–H groups in total. The third-order valence-electron chi connectivity index (χ3n) is 4.96. The SMILES string of the molecule is COCCn1c(-c2nc(C(=O)N3CCCC(O)C3)cs2)cc2ccccc21. The third kappa shape index (κ3) is 3.63. The predicted molar refractivity (Wildman–Crippen MR) is 106 cm³/mol. The highest BCUT2D eigenvalue weighted by molar-refractivity contribution is 7.13. The van der Waals surface area contributed by atoms with Crippen LogP contribution in [-0.4, -0.2) is 58.4 Å². The number of β-amino-alcohol motifs (C(OH)–C–C–N with tert-alkyl or cyclic N) is 1. The van der Waals surface area contributed by atoms with E-state index >= 15 is 0 Å². The third-order valence-corrected chi connectivity index (χ3v) is 5.82. The van der Waals surface area contributed by atoms with Gasteiger partial charge in [-0.3, -0.25) is 4.79 Å². The quantitative estimate of drug-likeness (QED) is 0.733. The van der Waals surface area contributed by atoms with E-state index in [1.165, 1.54) is 11.3 Å². The molecule has 0 spiro atoms. The molecule has 3 heterocycles. The van der Waals surface area contributed by atoms with E-state index in [0.717, 1.165) is 41.0 Å². The zero-order valence-electron chi connectivity index (χ0n) is 15.3. The number of hydrogen-bond donors (Lipinski definition) is 1. The van der Waals surface area contributed by atoms with Gasteiger partial charge in [-0.15, -0.1) is 11.3 Å². The molecule has 1 amide bonds. The van der Waals surface area contributed by atoms with Gasteiger partial charge in [0.15, 0.2) is 0 Å². The van der Waals surface area contributed by atoms with Crippen LogP contribution in [0.5, 0.6) is 0 Å². The zero-order valence-corrected chi connectivity index (χ0v) is 16.1. The summed E-state index contributed by atoms with van der Waals surface area (Å²) in [7, 11) is 1.69. The Morgan fingerprint density at radius 1 is 1.41 bits per heavy atom. The lowest BCUT2D eigenvalue weighted by atomic mass is 10.1. The van der Waals surface area contributed by atoms with Crippen molar-refractivity contribution in [2.45, 2.75) is 25.5 Å². The molecule has 1 unspecified atom stereocenters. The Bertz CT molecular complexity index is 949. The molecule has 2 aromatic heterocycles. The minimum absolute atomic E-state index is 0.101. The van der Waals surface area contributed by atoms with Crippen LogP contribution in [0.3, 0.4) is 0 Å². The van der Waals surface area contributed by atoms with Crippen LogP contribution in [0.2, 0.25) is 0 Å². The number of fused-ring (bicyclic) bond motifs is 1. The number of aliphatic hydroxyl groups is 1. The van der Waals surface area contributed by atoms with Gasteiger partial charge in [0.25, 0.3) is 5.91 Å². The Hall–Kier alpha value is -2.22. The lowest BCUT2D eigenvalue weighted by Gasteiger charge is -2.29. The van der Waals surface area contributed by atoms with Crippen molar-refractivity contribution in [3.05, 3.63) is 41.4 Å². The van der Waals surface area contributed by atoms with Crippen LogP contribution in [-0.2, 0) is 11.3 Å². The number of likely N-dealkylation sites (tertiary alicyclic amines) is 1. The van der Waals surface area contributed by atoms with Crippen LogP contribution in [0.25, 0.3) is 21.6 Å². The van der Waals surface area contributed by atoms with Gasteiger partial charge in [-0.05, 0) is 25.0 Å². The van der Waals surface area contributed by atoms with Gasteiger partial charge in [0.05, 0.1) is 18.4 Å². The van der Waals surface area contributed by atoms with Crippen molar-refractivity contribution in [1.29, 1.82) is 0 Å². The largest absolute Gasteiger partial charge is 0.391 e. The second-order valence-corrected chi connectivity index (χ2v) is 7.68. The van der Waals surface area contributed by atoms with E-state index in [1.54, 1.807) is 12.0 Å². The Kier molecular flexibility index (Phi) is 5.24. The average molecular weight is 385 g/mol. The molecule has 142 valence electrons. The summed E-state index contributed by atoms with van der Waals surface area (Å²) in [6, 6.07) is 10.3. The Morgan fingerprint density at radius 2 is 2.26 bits per heavy atom. The predicted octanol–water partition coefficient (Wildman–Crippen LogP) is 3.01.